The van der Waals surface area contributed by atoms with Crippen molar-refractivity contribution in [1.29, 1.82) is 0 Å². The molecule has 4 heteroatoms. The molecule has 70 valence electrons. The van der Waals surface area contributed by atoms with Crippen LogP contribution in [-0.2, 0) is 4.79 Å². The van der Waals surface area contributed by atoms with Gasteiger partial charge in [0, 0.05) is 6.04 Å². The lowest BCUT2D eigenvalue weighted by Gasteiger charge is -2.34. The second-order valence-corrected chi connectivity index (χ2v) is 4.35. The number of nitrogens with one attached hydrogen (secondary N) is 2. The van der Waals surface area contributed by atoms with Crippen LogP contribution in [-0.4, -0.2) is 18.0 Å². The molecule has 0 radical (unpaired) electrons. The summed E-state index contributed by atoms with van der Waals surface area (Å²) >= 11 is 0. The minimum atomic E-state index is -0.307. The molecule has 4 nitrogen and oxygen atoms in total. The third-order valence-corrected chi connectivity index (χ3v) is 3.75. The average Bonchev–Trinajstić information content (AvgIpc) is 2.62. The Morgan fingerprint density at radius 2 is 1.92 bits per heavy atom. The van der Waals surface area contributed by atoms with Crippen molar-refractivity contribution >= 4 is 11.9 Å². The first-order valence-corrected chi connectivity index (χ1v) is 4.87. The maximum atomic E-state index is 11.5. The van der Waals surface area contributed by atoms with E-state index in [2.05, 4.69) is 10.6 Å². The topological polar surface area (TPSA) is 58.2 Å². The van der Waals surface area contributed by atoms with Gasteiger partial charge < -0.3 is 5.32 Å². The van der Waals surface area contributed by atoms with Crippen molar-refractivity contribution in [1.82, 2.24) is 10.6 Å². The standard InChI is InChI=1S/C9H12N2O2/c12-8-6-4-1-2-5(3-4)7(6)10-9(13)11-8/h4-7H,1-3H2,(H2,10,11,12,13)/t4-,5+,6-,7+/m1/s1. The van der Waals surface area contributed by atoms with Gasteiger partial charge in [-0.2, -0.15) is 0 Å². The third-order valence-electron chi connectivity index (χ3n) is 3.75. The van der Waals surface area contributed by atoms with Crippen molar-refractivity contribution in [2.75, 3.05) is 0 Å². The molecular weight excluding hydrogens is 168 g/mol. The Morgan fingerprint density at radius 3 is 2.77 bits per heavy atom. The second-order valence-electron chi connectivity index (χ2n) is 4.35. The minimum absolute atomic E-state index is 0.0547. The highest BCUT2D eigenvalue weighted by atomic mass is 16.2. The van der Waals surface area contributed by atoms with Gasteiger partial charge in [0.1, 0.15) is 0 Å². The molecule has 0 spiro atoms. The van der Waals surface area contributed by atoms with Crippen LogP contribution in [0.25, 0.3) is 0 Å². The fourth-order valence-corrected chi connectivity index (χ4v) is 3.26. The Hall–Kier alpha value is -1.06. The zero-order chi connectivity index (χ0) is 9.00. The molecule has 2 saturated carbocycles. The van der Waals surface area contributed by atoms with Crippen LogP contribution in [0.4, 0.5) is 4.79 Å². The van der Waals surface area contributed by atoms with Crippen LogP contribution >= 0.6 is 0 Å². The lowest BCUT2D eigenvalue weighted by molar-refractivity contribution is -0.127. The van der Waals surface area contributed by atoms with Gasteiger partial charge in [0.2, 0.25) is 5.91 Å². The molecule has 3 amide bonds. The van der Waals surface area contributed by atoms with Crippen LogP contribution in [0.1, 0.15) is 19.3 Å². The number of rotatable bonds is 0. The number of carbonyl (C=O) groups excluding carboxylic acids is 2. The van der Waals surface area contributed by atoms with Gasteiger partial charge in [0.15, 0.2) is 0 Å². The quantitative estimate of drug-likeness (QED) is 0.561. The third kappa shape index (κ3) is 0.857. The van der Waals surface area contributed by atoms with Crippen molar-refractivity contribution in [3.63, 3.8) is 0 Å². The number of fused-ring (bicyclic) bond motifs is 5. The van der Waals surface area contributed by atoms with E-state index >= 15 is 0 Å². The summed E-state index contributed by atoms with van der Waals surface area (Å²) in [6, 6.07) is -0.168. The van der Waals surface area contributed by atoms with Crippen molar-refractivity contribution in [2.45, 2.75) is 25.3 Å². The summed E-state index contributed by atoms with van der Waals surface area (Å²) in [6.45, 7) is 0. The summed E-state index contributed by atoms with van der Waals surface area (Å²) in [5, 5.41) is 5.22. The van der Waals surface area contributed by atoms with Gasteiger partial charge in [-0.3, -0.25) is 10.1 Å². The van der Waals surface area contributed by atoms with Gasteiger partial charge in [-0.05, 0) is 31.1 Å². The van der Waals surface area contributed by atoms with Crippen molar-refractivity contribution in [3.8, 4) is 0 Å². The number of urea groups is 1. The molecule has 0 aromatic rings. The molecule has 3 rings (SSSR count). The van der Waals surface area contributed by atoms with E-state index in [-0.39, 0.29) is 23.9 Å². The van der Waals surface area contributed by atoms with E-state index < -0.39 is 0 Å². The Balaban J connectivity index is 1.93. The molecule has 2 bridgehead atoms. The first kappa shape index (κ1) is 7.35. The minimum Gasteiger partial charge on any atom is -0.334 e. The zero-order valence-corrected chi connectivity index (χ0v) is 7.25. The summed E-state index contributed by atoms with van der Waals surface area (Å²) in [6.07, 6.45) is 3.47. The molecule has 3 fully saturated rings. The molecule has 0 aromatic heterocycles. The van der Waals surface area contributed by atoms with E-state index in [1.165, 1.54) is 6.42 Å². The summed E-state index contributed by atoms with van der Waals surface area (Å²) in [7, 11) is 0. The Labute approximate surface area is 76.1 Å². The molecule has 2 N–H and O–H groups in total. The van der Waals surface area contributed by atoms with Gasteiger partial charge in [-0.15, -0.1) is 0 Å². The second kappa shape index (κ2) is 2.25. The molecule has 1 saturated heterocycles. The summed E-state index contributed by atoms with van der Waals surface area (Å²) in [5.41, 5.74) is 0. The largest absolute Gasteiger partial charge is 0.334 e. The number of amides is 3. The normalized spacial score (nSPS) is 47.1. The fraction of sp³-hybridized carbons (Fsp3) is 0.778. The highest BCUT2D eigenvalue weighted by Gasteiger charge is 2.53. The fourth-order valence-electron chi connectivity index (χ4n) is 3.26. The van der Waals surface area contributed by atoms with E-state index in [1.54, 1.807) is 0 Å². The number of hydrogen-bond acceptors (Lipinski definition) is 2. The highest BCUT2D eigenvalue weighted by Crippen LogP contribution is 2.49. The average molecular weight is 180 g/mol. The molecule has 3 aliphatic rings. The molecule has 4 atom stereocenters. The summed E-state index contributed by atoms with van der Waals surface area (Å²) in [5.74, 6) is 1.10. The van der Waals surface area contributed by atoms with Gasteiger partial charge in [0.25, 0.3) is 0 Å². The van der Waals surface area contributed by atoms with E-state index in [0.29, 0.717) is 11.8 Å². The maximum absolute atomic E-state index is 11.5. The van der Waals surface area contributed by atoms with E-state index in [0.717, 1.165) is 12.8 Å². The van der Waals surface area contributed by atoms with Gasteiger partial charge in [-0.1, -0.05) is 0 Å². The van der Waals surface area contributed by atoms with Crippen LogP contribution in [0.3, 0.4) is 0 Å². The predicted octanol–water partition coefficient (Wildman–Crippen LogP) is 0.240. The lowest BCUT2D eigenvalue weighted by Crippen LogP contribution is -2.59. The Kier molecular flexibility index (Phi) is 1.27. The van der Waals surface area contributed by atoms with Gasteiger partial charge in [-0.25, -0.2) is 4.79 Å². The number of carbonyl (C=O) groups is 2. The highest BCUT2D eigenvalue weighted by molar-refractivity contribution is 5.99. The SMILES string of the molecule is O=C1NC(=O)[C@@H]2[C@@H]3CC[C@@H](C3)[C@@H]2N1. The molecule has 1 aliphatic heterocycles. The lowest BCUT2D eigenvalue weighted by atomic mass is 9.83. The summed E-state index contributed by atoms with van der Waals surface area (Å²) < 4.78 is 0. The molecule has 0 aromatic carbocycles. The first-order valence-electron chi connectivity index (χ1n) is 4.87. The Morgan fingerprint density at radius 1 is 1.15 bits per heavy atom. The Bertz CT molecular complexity index is 289. The van der Waals surface area contributed by atoms with E-state index in [1.807, 2.05) is 0 Å². The van der Waals surface area contributed by atoms with Crippen LogP contribution in [0.15, 0.2) is 0 Å². The van der Waals surface area contributed by atoms with Gasteiger partial charge in [0.05, 0.1) is 5.92 Å². The maximum Gasteiger partial charge on any atom is 0.321 e. The smallest absolute Gasteiger partial charge is 0.321 e. The predicted molar refractivity (Wildman–Crippen MR) is 44.8 cm³/mol. The van der Waals surface area contributed by atoms with Crippen LogP contribution in [0.2, 0.25) is 0 Å². The molecule has 13 heavy (non-hydrogen) atoms. The van der Waals surface area contributed by atoms with Crippen molar-refractivity contribution < 1.29 is 9.59 Å². The number of imide groups is 1. The van der Waals surface area contributed by atoms with E-state index in [9.17, 15) is 9.59 Å². The van der Waals surface area contributed by atoms with Crippen molar-refractivity contribution in [3.05, 3.63) is 0 Å². The zero-order valence-electron chi connectivity index (χ0n) is 7.25. The monoisotopic (exact) mass is 180 g/mol. The van der Waals surface area contributed by atoms with Crippen LogP contribution < -0.4 is 10.6 Å². The summed E-state index contributed by atoms with van der Waals surface area (Å²) in [4.78, 5) is 22.6. The van der Waals surface area contributed by atoms with Crippen LogP contribution in [0.5, 0.6) is 0 Å². The van der Waals surface area contributed by atoms with Crippen LogP contribution in [0, 0.1) is 17.8 Å². The van der Waals surface area contributed by atoms with Crippen molar-refractivity contribution in [2.24, 2.45) is 17.8 Å². The molecule has 1 heterocycles. The number of hydrogen-bond donors (Lipinski definition) is 2. The molecule has 2 aliphatic carbocycles. The van der Waals surface area contributed by atoms with Gasteiger partial charge >= 0.3 is 6.03 Å². The first-order chi connectivity index (χ1) is 6.25. The van der Waals surface area contributed by atoms with E-state index in [4.69, 9.17) is 0 Å². The molecular formula is C9H12N2O2. The molecule has 0 unspecified atom stereocenters.